The van der Waals surface area contributed by atoms with Gasteiger partial charge in [-0.25, -0.2) is 14.5 Å². The highest BCUT2D eigenvalue weighted by molar-refractivity contribution is 6.00. The summed E-state index contributed by atoms with van der Waals surface area (Å²) in [7, 11) is 3.18. The fraction of sp³-hybridized carbons (Fsp3) is 0.424. The summed E-state index contributed by atoms with van der Waals surface area (Å²) in [5.41, 5.74) is 12.2. The molecule has 34 heteroatoms. The average Bonchev–Trinajstić information content (AvgIpc) is 1.61. The lowest BCUT2D eigenvalue weighted by molar-refractivity contribution is -0.145. The van der Waals surface area contributed by atoms with Crippen LogP contribution in [0.5, 0.6) is 11.5 Å². The number of rotatable bonds is 18. The molecule has 2 fully saturated rings. The number of fused-ring (bicyclic) bond motifs is 2. The summed E-state index contributed by atoms with van der Waals surface area (Å²) in [6, 6.07) is 23.3. The third kappa shape index (κ3) is 21.8. The number of hydrogen-bond donors (Lipinski definition) is 13. The molecule has 0 saturated carbocycles. The van der Waals surface area contributed by atoms with Crippen LogP contribution in [-0.4, -0.2) is 209 Å². The second kappa shape index (κ2) is 37.3. The van der Waals surface area contributed by atoms with E-state index >= 15 is 24.0 Å². The molecule has 6 aliphatic rings. The number of primary amides is 1. The Kier molecular flexibility index (Phi) is 27.3. The highest BCUT2D eigenvalue weighted by atomic mass is 16.5. The predicted octanol–water partition coefficient (Wildman–Crippen LogP) is 2.32. The molecule has 15 N–H and O–H groups in total. The Hall–Kier alpha value is -12.7. The van der Waals surface area contributed by atoms with E-state index in [1.54, 1.807) is 143 Å². The molecule has 0 radical (unpaired) electrons. The number of carbonyl (C=O) groups is 12. The van der Waals surface area contributed by atoms with Crippen molar-refractivity contribution in [3.8, 4) is 11.5 Å². The summed E-state index contributed by atoms with van der Waals surface area (Å²) in [6.07, 6.45) is 2.36. The Bertz CT molecular complexity index is 5100. The van der Waals surface area contributed by atoms with Crippen LogP contribution in [-0.2, 0) is 102 Å². The van der Waals surface area contributed by atoms with Gasteiger partial charge in [-0.15, -0.1) is 5.10 Å². The zero-order valence-corrected chi connectivity index (χ0v) is 68.0. The van der Waals surface area contributed by atoms with Crippen molar-refractivity contribution < 1.29 is 77.2 Å². The number of aromatic nitrogens is 5. The summed E-state index contributed by atoms with van der Waals surface area (Å²) < 4.78 is 15.5. The van der Waals surface area contributed by atoms with Crippen LogP contribution in [0.2, 0.25) is 0 Å². The maximum absolute atomic E-state index is 15.6. The number of nitrogens with two attached hydrogens (primary N) is 2. The minimum absolute atomic E-state index is 0.0817. The van der Waals surface area contributed by atoms with Crippen LogP contribution in [0, 0.1) is 10.8 Å². The highest BCUT2D eigenvalue weighted by Crippen LogP contribution is 2.36. The molecule has 630 valence electrons. The van der Waals surface area contributed by atoms with E-state index in [1.807, 2.05) is 72.8 Å². The van der Waals surface area contributed by atoms with Crippen molar-refractivity contribution in [2.24, 2.45) is 22.3 Å². The van der Waals surface area contributed by atoms with Gasteiger partial charge < -0.3 is 93.4 Å². The number of carboxylic acids is 2. The van der Waals surface area contributed by atoms with Gasteiger partial charge in [-0.3, -0.25) is 52.7 Å². The number of carbonyl (C=O) groups excluding carboxylic acids is 10. The Morgan fingerprint density at radius 1 is 0.588 bits per heavy atom. The lowest BCUT2D eigenvalue weighted by Crippen LogP contribution is -2.61. The van der Waals surface area contributed by atoms with Crippen molar-refractivity contribution in [3.05, 3.63) is 186 Å². The van der Waals surface area contributed by atoms with E-state index in [1.165, 1.54) is 25.4 Å². The molecular weight excluding hydrogens is 1530 g/mol. The first-order valence-electron chi connectivity index (χ1n) is 39.4. The van der Waals surface area contributed by atoms with Crippen molar-refractivity contribution in [1.29, 1.82) is 0 Å². The molecule has 0 unspecified atom stereocenters. The van der Waals surface area contributed by atoms with E-state index in [9.17, 15) is 43.8 Å². The van der Waals surface area contributed by atoms with Crippen LogP contribution < -0.4 is 68.8 Å². The molecule has 14 rings (SSSR count). The number of aliphatic carboxylic acids is 2. The zero-order chi connectivity index (χ0) is 85.9. The largest absolute Gasteiger partial charge is 0.487 e. The van der Waals surface area contributed by atoms with Gasteiger partial charge in [0.1, 0.15) is 90.4 Å². The lowest BCUT2D eigenvalue weighted by Gasteiger charge is -2.36. The van der Waals surface area contributed by atoms with E-state index in [2.05, 4.69) is 63.1 Å². The molecule has 12 bridgehead atoms. The van der Waals surface area contributed by atoms with Crippen molar-refractivity contribution in [3.63, 3.8) is 0 Å². The Morgan fingerprint density at radius 2 is 1.07 bits per heavy atom. The number of imidazole rings is 1. The maximum Gasteiger partial charge on any atom is 0.326 e. The van der Waals surface area contributed by atoms with Crippen LogP contribution in [0.15, 0.2) is 152 Å². The van der Waals surface area contributed by atoms with Crippen molar-refractivity contribution >= 4 is 92.6 Å². The number of amides is 10. The molecular formula is C85H104N18O16. The van der Waals surface area contributed by atoms with Crippen LogP contribution in [0.3, 0.4) is 0 Å². The number of likely N-dealkylation sites (tertiary alicyclic amines) is 2. The molecule has 13 atom stereocenters. The summed E-state index contributed by atoms with van der Waals surface area (Å²) in [5.74, 6) is -10.2. The third-order valence-corrected chi connectivity index (χ3v) is 21.9. The molecule has 2 aromatic heterocycles. The minimum atomic E-state index is -1.75. The molecule has 2 saturated heterocycles. The third-order valence-electron chi connectivity index (χ3n) is 21.9. The SMILES string of the molecule is CN[C@@H](C)C(=O)N[C@H](C(=O)N1C[C@@H]2C[C@H]1C(=O)N[C@@H](Cc1ccc3ccccc3c1)C(=O)N[C@H](C(=O)O)Cc1ccc(cc1)OCc1cn(cn1)[C@@]1(N)C[C@@H](C(=O)N[C@@H](Cc3ccc4ccccc4c3)C(=O)N[C@H](C(=O)N[C@@H](CC(=O)O)C(N)=O)Cc3ccc(cc3)OCc3cn2nn3)N(C(=O)[C@@H](NC(=O)[C@H](C)NC)C(C)(C)C)C1)C(C)(C)C. The number of nitrogens with zero attached hydrogens (tertiary/aromatic N) is 7. The molecule has 10 amide bonds. The summed E-state index contributed by atoms with van der Waals surface area (Å²) >= 11 is 0. The summed E-state index contributed by atoms with van der Waals surface area (Å²) in [4.78, 5) is 180. The Labute approximate surface area is 687 Å². The van der Waals surface area contributed by atoms with Gasteiger partial charge in [0.05, 0.1) is 49.3 Å². The average molecular weight is 1630 g/mol. The van der Waals surface area contributed by atoms with Crippen molar-refractivity contribution in [1.82, 2.24) is 82.2 Å². The number of hydrogen-bond acceptors (Lipinski definition) is 20. The molecule has 6 aliphatic heterocycles. The van der Waals surface area contributed by atoms with E-state index in [-0.39, 0.29) is 70.6 Å². The minimum Gasteiger partial charge on any atom is -0.487 e. The van der Waals surface area contributed by atoms with Crippen molar-refractivity contribution in [2.45, 2.75) is 192 Å². The fourth-order valence-corrected chi connectivity index (χ4v) is 14.7. The maximum atomic E-state index is 15.6. The van der Waals surface area contributed by atoms with Gasteiger partial charge in [-0.2, -0.15) is 0 Å². The smallest absolute Gasteiger partial charge is 0.326 e. The number of nitrogens with one attached hydrogen (secondary N) is 9. The first-order chi connectivity index (χ1) is 56.4. The Balaban J connectivity index is 0.963. The number of ether oxygens (including phenoxy) is 2. The van der Waals surface area contributed by atoms with Crippen molar-refractivity contribution in [2.75, 3.05) is 27.2 Å². The standard InChI is InChI=1S/C85H104N18O16/c1-47(88-9)73(107)96-70(83(3,4)5)80(114)101-42-59-37-67(101)78(112)93-65(36-52-20-26-54-16-12-14-18-56(54)32-52)77(111)95-66(82(116)117)34-50-23-29-60(30-24-50)118-43-57-40-100(46-90-57)85(87)39-68(102(45-85)81(115)71(84(6,7)8)97-74(108)48(2)89-10)79(113)94-64(35-51-19-25-53-15-11-13-17-55(53)31-51)76(110)92-63(75(109)91-62(72(86)106)38-69(104)105)33-49-21-27-61(28-22-49)119-44-58-41-103(59)99-98-58/h11-32,40-41,46-48,59,62-68,70-71,88-89H,33-39,42-45,87H2,1-10H3,(H2,86,106)(H,91,109)(H,92,110)(H,93,112)(H,94,113)(H,95,111)(H,96,107)(H,97,108)(H,104,105)(H,116,117)/t47-,48-,59-,62-,63-,64-,65-,66-,67-,68-,70+,71+,85-/m0/s1. The second-order valence-electron chi connectivity index (χ2n) is 33.0. The topological polar surface area (TPSA) is 479 Å². The van der Waals surface area contributed by atoms with Crippen LogP contribution in [0.1, 0.15) is 114 Å². The van der Waals surface area contributed by atoms with Gasteiger partial charge >= 0.3 is 11.9 Å². The number of benzene rings is 6. The Morgan fingerprint density at radius 3 is 1.55 bits per heavy atom. The molecule has 8 aromatic rings. The van der Waals surface area contributed by atoms with Gasteiger partial charge in [-0.05, 0) is 107 Å². The first-order valence-corrected chi connectivity index (χ1v) is 39.4. The first kappa shape index (κ1) is 87.2. The molecule has 34 nitrogen and oxygen atoms in total. The van der Waals surface area contributed by atoms with E-state index in [0.717, 1.165) is 21.5 Å². The number of likely N-dealkylation sites (N-methyl/N-ethyl adjacent to an activating group) is 2. The van der Waals surface area contributed by atoms with Gasteiger partial charge in [-0.1, -0.05) is 156 Å². The molecule has 6 aromatic carbocycles. The van der Waals surface area contributed by atoms with Crippen LogP contribution >= 0.6 is 0 Å². The quantitative estimate of drug-likeness (QED) is 0.0586. The lowest BCUT2D eigenvalue weighted by atomic mass is 9.85. The van der Waals surface area contributed by atoms with Crippen LogP contribution in [0.25, 0.3) is 21.5 Å². The second-order valence-corrected chi connectivity index (χ2v) is 33.0. The summed E-state index contributed by atoms with van der Waals surface area (Å²) in [6.45, 7) is 12.9. The monoisotopic (exact) mass is 1630 g/mol. The van der Waals surface area contributed by atoms with Gasteiger partial charge in [0, 0.05) is 51.3 Å². The molecule has 119 heavy (non-hydrogen) atoms. The highest BCUT2D eigenvalue weighted by Gasteiger charge is 2.52. The van der Waals surface area contributed by atoms with Gasteiger partial charge in [0.25, 0.3) is 0 Å². The van der Waals surface area contributed by atoms with E-state index < -0.39 is 166 Å². The zero-order valence-electron chi connectivity index (χ0n) is 68.0. The normalized spacial score (nSPS) is 21.7. The fourth-order valence-electron chi connectivity index (χ4n) is 14.7. The van der Waals surface area contributed by atoms with Gasteiger partial charge in [0.2, 0.25) is 59.1 Å². The molecule has 0 spiro atoms. The molecule has 8 heterocycles. The summed E-state index contributed by atoms with van der Waals surface area (Å²) in [5, 5.41) is 58.0. The van der Waals surface area contributed by atoms with Crippen LogP contribution in [0.4, 0.5) is 0 Å². The molecule has 0 aliphatic carbocycles. The predicted molar refractivity (Wildman–Crippen MR) is 436 cm³/mol. The van der Waals surface area contributed by atoms with E-state index in [4.69, 9.17) is 20.9 Å². The van der Waals surface area contributed by atoms with E-state index in [0.29, 0.717) is 39.4 Å². The number of carboxylic acid groups (broad SMARTS) is 2. The van der Waals surface area contributed by atoms with Gasteiger partial charge in [0.15, 0.2) is 0 Å².